The number of imidazole rings is 1. The number of aliphatic hydroxyl groups is 1. The molecule has 0 amide bonds. The highest BCUT2D eigenvalue weighted by molar-refractivity contribution is 5.81. The lowest BCUT2D eigenvalue weighted by Crippen LogP contribution is -2.31. The fourth-order valence-corrected chi connectivity index (χ4v) is 3.54. The molecule has 2 heterocycles. The van der Waals surface area contributed by atoms with Crippen molar-refractivity contribution in [2.45, 2.75) is 12.5 Å². The summed E-state index contributed by atoms with van der Waals surface area (Å²) in [7, 11) is 3.50. The summed E-state index contributed by atoms with van der Waals surface area (Å²) in [6.45, 7) is 1.96. The van der Waals surface area contributed by atoms with Crippen molar-refractivity contribution in [1.82, 2.24) is 14.5 Å². The van der Waals surface area contributed by atoms with Gasteiger partial charge in [0.05, 0.1) is 30.8 Å². The number of benzene rings is 2. The Morgan fingerprint density at radius 1 is 1.04 bits per heavy atom. The van der Waals surface area contributed by atoms with Gasteiger partial charge in [0.2, 0.25) is 5.88 Å². The van der Waals surface area contributed by atoms with Gasteiger partial charge in [-0.1, -0.05) is 36.4 Å². The second kappa shape index (κ2) is 6.52. The summed E-state index contributed by atoms with van der Waals surface area (Å²) in [4.78, 5) is 8.76. The van der Waals surface area contributed by atoms with Crippen LogP contribution in [0.25, 0.3) is 10.9 Å². The maximum Gasteiger partial charge on any atom is 0.216 e. The lowest BCUT2D eigenvalue weighted by molar-refractivity contribution is 0.117. The topological polar surface area (TPSA) is 60.2 Å². The minimum absolute atomic E-state index is 0.611. The first kappa shape index (κ1) is 17.2. The number of fused-ring (bicyclic) bond motifs is 1. The number of pyridine rings is 1. The van der Waals surface area contributed by atoms with Gasteiger partial charge in [-0.15, -0.1) is 0 Å². The lowest BCUT2D eigenvalue weighted by Gasteiger charge is -2.30. The van der Waals surface area contributed by atoms with Gasteiger partial charge in [0.25, 0.3) is 0 Å². The zero-order chi connectivity index (χ0) is 19.0. The zero-order valence-corrected chi connectivity index (χ0v) is 15.5. The molecule has 0 spiro atoms. The molecule has 4 rings (SSSR count). The van der Waals surface area contributed by atoms with E-state index in [0.29, 0.717) is 11.6 Å². The summed E-state index contributed by atoms with van der Waals surface area (Å²) in [5.41, 5.74) is 2.69. The second-order valence-electron chi connectivity index (χ2n) is 6.69. The van der Waals surface area contributed by atoms with Crippen molar-refractivity contribution in [2.24, 2.45) is 7.05 Å². The molecule has 1 N–H and O–H groups in total. The van der Waals surface area contributed by atoms with Crippen molar-refractivity contribution >= 4 is 10.9 Å². The smallest absolute Gasteiger partial charge is 0.216 e. The summed E-state index contributed by atoms with van der Waals surface area (Å²) >= 11 is 0. The summed E-state index contributed by atoms with van der Waals surface area (Å²) in [5, 5.41) is 12.9. The maximum absolute atomic E-state index is 11.9. The molecular weight excluding hydrogens is 338 g/mol. The molecule has 0 saturated heterocycles. The van der Waals surface area contributed by atoms with Crippen LogP contribution in [-0.4, -0.2) is 26.8 Å². The highest BCUT2D eigenvalue weighted by Gasteiger charge is 2.36. The Morgan fingerprint density at radius 2 is 1.81 bits per heavy atom. The number of methoxy groups -OCH3 is 1. The molecule has 5 nitrogen and oxygen atoms in total. The van der Waals surface area contributed by atoms with Crippen LogP contribution in [0.2, 0.25) is 0 Å². The van der Waals surface area contributed by atoms with Gasteiger partial charge >= 0.3 is 0 Å². The monoisotopic (exact) mass is 359 g/mol. The molecule has 2 aromatic heterocycles. The summed E-state index contributed by atoms with van der Waals surface area (Å²) < 4.78 is 7.16. The third-order valence-electron chi connectivity index (χ3n) is 4.95. The Kier molecular flexibility index (Phi) is 4.16. The highest BCUT2D eigenvalue weighted by Crippen LogP contribution is 2.37. The number of hydrogen-bond donors (Lipinski definition) is 1. The van der Waals surface area contributed by atoms with Crippen LogP contribution in [0, 0.1) is 6.92 Å². The molecule has 0 saturated carbocycles. The summed E-state index contributed by atoms with van der Waals surface area (Å²) in [6.07, 6.45) is 3.40. The first-order chi connectivity index (χ1) is 13.0. The van der Waals surface area contributed by atoms with Gasteiger partial charge in [-0.2, -0.15) is 0 Å². The van der Waals surface area contributed by atoms with Gasteiger partial charge in [0.15, 0.2) is 5.60 Å². The molecule has 5 heteroatoms. The molecule has 0 bridgehead atoms. The van der Waals surface area contributed by atoms with E-state index >= 15 is 0 Å². The molecule has 4 aromatic rings. The van der Waals surface area contributed by atoms with Crippen LogP contribution in [0.5, 0.6) is 5.88 Å². The van der Waals surface area contributed by atoms with Crippen molar-refractivity contribution in [3.63, 3.8) is 0 Å². The van der Waals surface area contributed by atoms with Crippen LogP contribution < -0.4 is 4.74 Å². The van der Waals surface area contributed by atoms with Gasteiger partial charge in [-0.25, -0.2) is 9.97 Å². The molecule has 0 radical (unpaired) electrons. The highest BCUT2D eigenvalue weighted by atomic mass is 16.5. The quantitative estimate of drug-likeness (QED) is 0.605. The Hall–Kier alpha value is -3.18. The normalized spacial score (nSPS) is 13.5. The predicted molar refractivity (Wildman–Crippen MR) is 105 cm³/mol. The van der Waals surface area contributed by atoms with Crippen LogP contribution in [-0.2, 0) is 12.6 Å². The minimum atomic E-state index is -1.32. The van der Waals surface area contributed by atoms with Crippen molar-refractivity contribution in [1.29, 1.82) is 0 Å². The van der Waals surface area contributed by atoms with Crippen LogP contribution in [0.3, 0.4) is 0 Å². The number of aryl methyl sites for hydroxylation is 2. The molecule has 27 heavy (non-hydrogen) atoms. The fourth-order valence-electron chi connectivity index (χ4n) is 3.54. The largest absolute Gasteiger partial charge is 0.481 e. The van der Waals surface area contributed by atoms with Crippen molar-refractivity contribution in [3.05, 3.63) is 89.5 Å². The molecule has 0 aliphatic carbocycles. The van der Waals surface area contributed by atoms with E-state index in [1.54, 1.807) is 19.6 Å². The fraction of sp³-hybridized carbons (Fsp3) is 0.182. The first-order valence-electron chi connectivity index (χ1n) is 8.74. The van der Waals surface area contributed by atoms with Crippen molar-refractivity contribution < 1.29 is 9.84 Å². The Morgan fingerprint density at radius 3 is 2.48 bits per heavy atom. The minimum Gasteiger partial charge on any atom is -0.481 e. The molecule has 1 unspecified atom stereocenters. The van der Waals surface area contributed by atoms with E-state index in [4.69, 9.17) is 4.74 Å². The molecular formula is C22H21N3O2. The van der Waals surface area contributed by atoms with E-state index in [0.717, 1.165) is 27.6 Å². The number of hydrogen-bond acceptors (Lipinski definition) is 4. The van der Waals surface area contributed by atoms with Gasteiger partial charge < -0.3 is 14.4 Å². The maximum atomic E-state index is 11.9. The van der Waals surface area contributed by atoms with Crippen LogP contribution >= 0.6 is 0 Å². The average molecular weight is 359 g/mol. The van der Waals surface area contributed by atoms with Gasteiger partial charge in [0.1, 0.15) is 0 Å². The molecule has 0 aliphatic rings. The van der Waals surface area contributed by atoms with Gasteiger partial charge in [-0.3, -0.25) is 0 Å². The molecule has 0 aliphatic heterocycles. The zero-order valence-electron chi connectivity index (χ0n) is 15.5. The standard InChI is InChI=1S/C22H21N3O2/c1-15-11-16-12-18(9-10-19(16)24-21(15)27-3)22(26,17-7-5-4-6-8-17)20-13-23-14-25(20)2/h4-14,26H,1-3H3. The first-order valence-corrected chi connectivity index (χ1v) is 8.74. The van der Waals surface area contributed by atoms with E-state index in [-0.39, 0.29) is 0 Å². The summed E-state index contributed by atoms with van der Waals surface area (Å²) in [6, 6.07) is 17.5. The van der Waals surface area contributed by atoms with Crippen LogP contribution in [0.15, 0.2) is 67.1 Å². The van der Waals surface area contributed by atoms with Crippen LogP contribution in [0.1, 0.15) is 22.4 Å². The molecule has 0 fully saturated rings. The Bertz CT molecular complexity index is 1110. The summed E-state index contributed by atoms with van der Waals surface area (Å²) in [5.74, 6) is 0.611. The van der Waals surface area contributed by atoms with Crippen molar-refractivity contribution in [2.75, 3.05) is 7.11 Å². The number of rotatable bonds is 4. The Balaban J connectivity index is 1.97. The van der Waals surface area contributed by atoms with E-state index in [1.807, 2.05) is 73.1 Å². The number of ether oxygens (including phenoxy) is 1. The molecule has 136 valence electrons. The third-order valence-corrected chi connectivity index (χ3v) is 4.95. The number of nitrogens with zero attached hydrogens (tertiary/aromatic N) is 3. The van der Waals surface area contributed by atoms with E-state index < -0.39 is 5.60 Å². The SMILES string of the molecule is COc1nc2ccc(C(O)(c3ccccc3)c3cncn3C)cc2cc1C. The molecule has 1 atom stereocenters. The predicted octanol–water partition coefficient (Wildman–Crippen LogP) is 3.57. The molecule has 2 aromatic carbocycles. The Labute approximate surface area is 157 Å². The average Bonchev–Trinajstić information content (AvgIpc) is 3.13. The lowest BCUT2D eigenvalue weighted by atomic mass is 9.83. The van der Waals surface area contributed by atoms with E-state index in [9.17, 15) is 5.11 Å². The van der Waals surface area contributed by atoms with E-state index in [2.05, 4.69) is 9.97 Å². The van der Waals surface area contributed by atoms with Gasteiger partial charge in [-0.05, 0) is 36.2 Å². The third kappa shape index (κ3) is 2.76. The number of aromatic nitrogens is 3. The van der Waals surface area contributed by atoms with Gasteiger partial charge in [0, 0.05) is 18.0 Å². The van der Waals surface area contributed by atoms with E-state index in [1.165, 1.54) is 0 Å². The van der Waals surface area contributed by atoms with Crippen molar-refractivity contribution in [3.8, 4) is 5.88 Å². The van der Waals surface area contributed by atoms with Crippen LogP contribution in [0.4, 0.5) is 0 Å². The second-order valence-corrected chi connectivity index (χ2v) is 6.69.